The van der Waals surface area contributed by atoms with Crippen LogP contribution in [0.1, 0.15) is 129 Å². The third kappa shape index (κ3) is 26.6. The molecule has 0 saturated carbocycles. The molecule has 730 valence electrons. The second-order valence-corrected chi connectivity index (χ2v) is 35.7. The molecular weight excluding hydrogens is 2490 g/mol. The molecule has 24 aromatic rings. The molecule has 0 aliphatic carbocycles. The molecule has 0 amide bonds. The van der Waals surface area contributed by atoms with Crippen molar-refractivity contribution in [2.45, 2.75) is 114 Å². The Balaban J connectivity index is 0.000000140. The van der Waals surface area contributed by atoms with Crippen molar-refractivity contribution in [3.8, 4) is 90.1 Å². The van der Waals surface area contributed by atoms with Gasteiger partial charge in [0.1, 0.15) is 22.3 Å². The van der Waals surface area contributed by atoms with E-state index < -0.39 is 0 Å². The summed E-state index contributed by atoms with van der Waals surface area (Å²) in [5, 5.41) is 9.23. The molecule has 0 saturated heterocycles. The Hall–Kier alpha value is -14.4. The van der Waals surface area contributed by atoms with Crippen molar-refractivity contribution in [3.05, 3.63) is 482 Å². The fourth-order valence-corrected chi connectivity index (χ4v) is 16.5. The average molecular weight is 2600 g/mol. The van der Waals surface area contributed by atoms with Gasteiger partial charge in [-0.05, 0) is 154 Å². The molecular formula is C129H106Ir4N8O4-8. The van der Waals surface area contributed by atoms with Crippen LogP contribution in [0, 0.1) is 83.1 Å². The predicted molar refractivity (Wildman–Crippen MR) is 577 cm³/mol. The molecule has 0 atom stereocenters. The second-order valence-electron chi connectivity index (χ2n) is 35.7. The molecule has 12 heterocycles. The van der Waals surface area contributed by atoms with Crippen molar-refractivity contribution in [2.24, 2.45) is 0 Å². The summed E-state index contributed by atoms with van der Waals surface area (Å²) in [6.45, 7) is 27.9. The Kier molecular flexibility index (Phi) is 38.5. The van der Waals surface area contributed by atoms with Gasteiger partial charge in [-0.2, -0.15) is 0 Å². The zero-order valence-corrected chi connectivity index (χ0v) is 92.3. The molecule has 0 spiro atoms. The van der Waals surface area contributed by atoms with Gasteiger partial charge in [0.2, 0.25) is 0 Å². The summed E-state index contributed by atoms with van der Waals surface area (Å²) in [5.74, 6) is 1.75. The molecule has 0 unspecified atom stereocenters. The normalized spacial score (nSPS) is 10.7. The Labute approximate surface area is 903 Å². The quantitative estimate of drug-likeness (QED) is 0.107. The summed E-state index contributed by atoms with van der Waals surface area (Å²) in [6, 6.07) is 137. The molecule has 0 N–H and O–H groups in total. The number of aromatic nitrogens is 8. The zero-order chi connectivity index (χ0) is 97.7. The van der Waals surface area contributed by atoms with E-state index in [-0.39, 0.29) is 80.4 Å². The van der Waals surface area contributed by atoms with Crippen LogP contribution in [0.4, 0.5) is 0 Å². The first-order chi connectivity index (χ1) is 68.8. The van der Waals surface area contributed by atoms with Crippen LogP contribution < -0.4 is 0 Å². The minimum Gasteiger partial charge on any atom is -0.501 e. The van der Waals surface area contributed by atoms with Gasteiger partial charge in [0.25, 0.3) is 0 Å². The largest absolute Gasteiger partial charge is 0.501 e. The summed E-state index contributed by atoms with van der Waals surface area (Å²) < 4.78 is 24.6. The molecule has 4 radical (unpaired) electrons. The van der Waals surface area contributed by atoms with Crippen molar-refractivity contribution in [1.29, 1.82) is 0 Å². The zero-order valence-electron chi connectivity index (χ0n) is 82.7. The maximum absolute atomic E-state index is 6.20. The Morgan fingerprint density at radius 1 is 0.221 bits per heavy atom. The Morgan fingerprint density at radius 2 is 0.593 bits per heavy atom. The third-order valence-corrected chi connectivity index (χ3v) is 24.0. The van der Waals surface area contributed by atoms with Crippen LogP contribution in [-0.2, 0) is 80.4 Å². The summed E-state index contributed by atoms with van der Waals surface area (Å²) in [4.78, 5) is 34.8. The first-order valence-corrected chi connectivity index (χ1v) is 47.5. The van der Waals surface area contributed by atoms with Crippen molar-refractivity contribution >= 4 is 87.8 Å². The number of para-hydroxylation sites is 2. The first kappa shape index (κ1) is 108. The van der Waals surface area contributed by atoms with E-state index in [1.54, 1.807) is 43.4 Å². The van der Waals surface area contributed by atoms with Gasteiger partial charge in [-0.15, -0.1) is 213 Å². The van der Waals surface area contributed by atoms with E-state index >= 15 is 0 Å². The van der Waals surface area contributed by atoms with Crippen LogP contribution in [0.3, 0.4) is 0 Å². The van der Waals surface area contributed by atoms with Crippen molar-refractivity contribution < 1.29 is 98.1 Å². The van der Waals surface area contributed by atoms with E-state index in [1.165, 1.54) is 60.8 Å². The number of hydrogen-bond donors (Lipinski definition) is 0. The molecule has 0 aliphatic rings. The van der Waals surface area contributed by atoms with Gasteiger partial charge in [0.05, 0.1) is 22.3 Å². The number of furan rings is 4. The number of benzene rings is 12. The predicted octanol–water partition coefficient (Wildman–Crippen LogP) is 34.0. The standard InChI is InChI=1S/C21H18NO.3C20H16NO.4C12H10N.4Ir/c1-13(2)15-7-8-16-17-5-4-6-18(21(17)23-20(16)12-15)19-11-14(3)9-10-22-19;1-13(2)14-7-6-11-18-19(14)16-9-5-8-15(20(16)22-18)17-10-3-4-12-21-17;1-13(2)14-10-11-15(17-8-5-6-12-21-17)20-19(14)16-7-3-4-9-18(16)22-20;1-13(2)14-11-16-15-7-3-4-9-19(15)22-20(16)17(12-14)18-8-5-6-10-21-18;4*1-10-5-7-11(8-6-10)12-4-2-3-9-13-12;;;;/h4-5,7-13H,1-3H3;3-7,9-13H,1-2H3;3-10,12-13H,1-2H3;3-11,13H,1-2H3;4*2-7,9H,1H3;;;;/q8*-1;;;;. The second kappa shape index (κ2) is 51.7. The van der Waals surface area contributed by atoms with Crippen LogP contribution in [0.5, 0.6) is 0 Å². The van der Waals surface area contributed by atoms with Gasteiger partial charge in [-0.3, -0.25) is 0 Å². The third-order valence-electron chi connectivity index (χ3n) is 24.0. The molecule has 12 aromatic carbocycles. The molecule has 145 heavy (non-hydrogen) atoms. The van der Waals surface area contributed by atoms with Crippen LogP contribution in [-0.4, -0.2) is 39.9 Å². The molecule has 12 aromatic heterocycles. The van der Waals surface area contributed by atoms with Gasteiger partial charge in [-0.1, -0.05) is 290 Å². The topological polar surface area (TPSA) is 156 Å². The van der Waals surface area contributed by atoms with Crippen LogP contribution in [0.2, 0.25) is 0 Å². The summed E-state index contributed by atoms with van der Waals surface area (Å²) >= 11 is 0. The Bertz CT molecular complexity index is 7920. The van der Waals surface area contributed by atoms with Crippen LogP contribution in [0.25, 0.3) is 178 Å². The van der Waals surface area contributed by atoms with Crippen molar-refractivity contribution in [1.82, 2.24) is 39.9 Å². The maximum atomic E-state index is 6.20. The molecule has 24 rings (SSSR count). The van der Waals surface area contributed by atoms with E-state index in [0.717, 1.165) is 167 Å². The fraction of sp³-hybridized carbons (Fsp3) is 0.132. The van der Waals surface area contributed by atoms with E-state index in [2.05, 4.69) is 282 Å². The minimum atomic E-state index is 0. The molecule has 0 aliphatic heterocycles. The van der Waals surface area contributed by atoms with Crippen LogP contribution in [0.15, 0.2) is 401 Å². The summed E-state index contributed by atoms with van der Waals surface area (Å²) in [5.41, 5.74) is 33.6. The first-order valence-electron chi connectivity index (χ1n) is 47.5. The van der Waals surface area contributed by atoms with Gasteiger partial charge in [0.15, 0.2) is 0 Å². The molecule has 16 heteroatoms. The van der Waals surface area contributed by atoms with E-state index in [0.29, 0.717) is 23.7 Å². The number of pyridine rings is 8. The number of rotatable bonds is 12. The summed E-state index contributed by atoms with van der Waals surface area (Å²) in [6.07, 6.45) is 14.4. The monoisotopic (exact) mass is 2600 g/mol. The van der Waals surface area contributed by atoms with Crippen LogP contribution >= 0.6 is 0 Å². The molecule has 12 nitrogen and oxygen atoms in total. The average Bonchev–Trinajstić information content (AvgIpc) is 1.62. The minimum absolute atomic E-state index is 0. The van der Waals surface area contributed by atoms with Gasteiger partial charge in [-0.25, -0.2) is 0 Å². The summed E-state index contributed by atoms with van der Waals surface area (Å²) in [7, 11) is 0. The van der Waals surface area contributed by atoms with Gasteiger partial charge in [0, 0.05) is 152 Å². The van der Waals surface area contributed by atoms with Crippen molar-refractivity contribution in [2.75, 3.05) is 0 Å². The number of fused-ring (bicyclic) bond motifs is 12. The number of hydrogen-bond acceptors (Lipinski definition) is 12. The van der Waals surface area contributed by atoms with Crippen molar-refractivity contribution in [3.63, 3.8) is 0 Å². The fourth-order valence-electron chi connectivity index (χ4n) is 16.5. The molecule has 0 fully saturated rings. The Morgan fingerprint density at radius 3 is 1.03 bits per heavy atom. The molecule has 0 bridgehead atoms. The smallest absolute Gasteiger partial charge is 0.121 e. The maximum Gasteiger partial charge on any atom is 0.121 e. The van der Waals surface area contributed by atoms with Gasteiger partial charge < -0.3 is 57.5 Å². The van der Waals surface area contributed by atoms with E-state index in [9.17, 15) is 0 Å². The van der Waals surface area contributed by atoms with E-state index in [4.69, 9.17) is 17.7 Å². The SMILES string of the molecule is CC(C)c1[c-]c(-c2ccccn2)c2oc3ccccc3c2c1.CC(C)c1c[c-]c(-c2ccccn2)c2oc3ccccc3c12.CC(C)c1cccc2oc3c(-c4ccccn4)[c-]ccc3c12.Cc1c[c-]c(-c2ccccn2)cc1.Cc1c[c-]c(-c2ccccn2)cc1.Cc1c[c-]c(-c2ccccn2)cc1.Cc1c[c-]c(-c2ccccn2)cc1.Cc1ccnc(-c2[c-]ccc3c2oc2cc(C(C)C)ccc23)c1.[Ir].[Ir].[Ir].[Ir]. The van der Waals surface area contributed by atoms with Gasteiger partial charge >= 0.3 is 0 Å². The number of nitrogens with zero attached hydrogens (tertiary/aromatic N) is 8. The number of aryl methyl sites for hydroxylation is 5. The van der Waals surface area contributed by atoms with E-state index in [1.807, 2.05) is 237 Å².